The quantitative estimate of drug-likeness (QED) is 0.701. The van der Waals surface area contributed by atoms with Gasteiger partial charge >= 0.3 is 5.97 Å². The van der Waals surface area contributed by atoms with Crippen LogP contribution in [0.2, 0.25) is 0 Å². The van der Waals surface area contributed by atoms with Gasteiger partial charge in [-0.1, -0.05) is 30.3 Å². The number of carbonyl (C=O) groups excluding carboxylic acids is 1. The molecule has 124 valence electrons. The summed E-state index contributed by atoms with van der Waals surface area (Å²) in [5, 5.41) is 7.39. The molecule has 0 saturated heterocycles. The first kappa shape index (κ1) is 15.9. The molecular formula is C17H19N5O2. The molecule has 7 heteroatoms. The second-order valence-electron chi connectivity index (χ2n) is 5.65. The number of aromatic nitrogens is 4. The van der Waals surface area contributed by atoms with Gasteiger partial charge in [-0.15, -0.1) is 0 Å². The van der Waals surface area contributed by atoms with E-state index in [4.69, 9.17) is 4.74 Å². The van der Waals surface area contributed by atoms with Crippen LogP contribution in [-0.2, 0) is 16.1 Å². The number of ether oxygens (including phenoxy) is 1. The topological polar surface area (TPSA) is 81.4 Å². The molecular weight excluding hydrogens is 306 g/mol. The van der Waals surface area contributed by atoms with E-state index in [1.807, 2.05) is 50.2 Å². The van der Waals surface area contributed by atoms with Crippen LogP contribution in [0.4, 0.5) is 5.82 Å². The van der Waals surface area contributed by atoms with Crippen molar-refractivity contribution >= 4 is 17.6 Å². The third kappa shape index (κ3) is 3.87. The third-order valence-corrected chi connectivity index (χ3v) is 3.49. The van der Waals surface area contributed by atoms with E-state index >= 15 is 0 Å². The molecule has 0 fully saturated rings. The van der Waals surface area contributed by atoms with Crippen molar-refractivity contribution in [3.8, 4) is 0 Å². The van der Waals surface area contributed by atoms with E-state index in [0.717, 1.165) is 17.1 Å². The lowest BCUT2D eigenvalue weighted by Gasteiger charge is -2.15. The normalized spacial score (nSPS) is 12.1. The Balaban J connectivity index is 1.57. The van der Waals surface area contributed by atoms with Crippen molar-refractivity contribution in [2.24, 2.45) is 0 Å². The Bertz CT molecular complexity index is 831. The summed E-state index contributed by atoms with van der Waals surface area (Å²) in [4.78, 5) is 20.4. The molecule has 7 nitrogen and oxygen atoms in total. The monoisotopic (exact) mass is 325 g/mol. The fourth-order valence-electron chi connectivity index (χ4n) is 2.38. The smallest absolute Gasteiger partial charge is 0.308 e. The second kappa shape index (κ2) is 7.08. The standard InChI is InChI=1S/C17H19N5O2/c1-12-8-15(22-17(21-12)18-11-19-22)20-13(2)9-16(23)24-10-14-6-4-3-5-7-14/h3-8,11,13,20H,9-10H2,1-2H3. The molecule has 0 saturated carbocycles. The summed E-state index contributed by atoms with van der Waals surface area (Å²) < 4.78 is 6.92. The number of benzene rings is 1. The maximum absolute atomic E-state index is 12.0. The zero-order valence-electron chi connectivity index (χ0n) is 13.6. The van der Waals surface area contributed by atoms with Gasteiger partial charge in [-0.2, -0.15) is 14.6 Å². The molecule has 3 rings (SSSR count). The molecule has 0 aliphatic heterocycles. The van der Waals surface area contributed by atoms with E-state index in [1.165, 1.54) is 6.33 Å². The summed E-state index contributed by atoms with van der Waals surface area (Å²) in [5.74, 6) is 1.02. The molecule has 1 N–H and O–H groups in total. The molecule has 0 amide bonds. The number of hydrogen-bond donors (Lipinski definition) is 1. The van der Waals surface area contributed by atoms with Gasteiger partial charge in [-0.05, 0) is 19.4 Å². The lowest BCUT2D eigenvalue weighted by Crippen LogP contribution is -2.22. The Morgan fingerprint density at radius 3 is 2.92 bits per heavy atom. The van der Waals surface area contributed by atoms with E-state index in [1.54, 1.807) is 4.52 Å². The number of hydrogen-bond acceptors (Lipinski definition) is 6. The molecule has 2 heterocycles. The molecule has 0 bridgehead atoms. The summed E-state index contributed by atoms with van der Waals surface area (Å²) >= 11 is 0. The van der Waals surface area contributed by atoms with Crippen molar-refractivity contribution < 1.29 is 9.53 Å². The number of anilines is 1. The Morgan fingerprint density at radius 2 is 2.12 bits per heavy atom. The lowest BCUT2D eigenvalue weighted by molar-refractivity contribution is -0.145. The van der Waals surface area contributed by atoms with Gasteiger partial charge in [0.15, 0.2) is 0 Å². The molecule has 1 unspecified atom stereocenters. The van der Waals surface area contributed by atoms with Gasteiger partial charge in [0.1, 0.15) is 18.8 Å². The van der Waals surface area contributed by atoms with Crippen LogP contribution in [0.5, 0.6) is 0 Å². The zero-order valence-corrected chi connectivity index (χ0v) is 13.6. The highest BCUT2D eigenvalue weighted by Gasteiger charge is 2.13. The van der Waals surface area contributed by atoms with Crippen molar-refractivity contribution in [3.63, 3.8) is 0 Å². The number of nitrogens with zero attached hydrogens (tertiary/aromatic N) is 4. The van der Waals surface area contributed by atoms with Crippen LogP contribution in [0.1, 0.15) is 24.6 Å². The molecule has 0 radical (unpaired) electrons. The number of rotatable bonds is 6. The number of aryl methyl sites for hydroxylation is 1. The van der Waals surface area contributed by atoms with Crippen LogP contribution in [0.15, 0.2) is 42.7 Å². The van der Waals surface area contributed by atoms with Gasteiger partial charge in [-0.3, -0.25) is 4.79 Å². The predicted molar refractivity (Wildman–Crippen MR) is 89.5 cm³/mol. The molecule has 0 aliphatic rings. The van der Waals surface area contributed by atoms with Crippen molar-refractivity contribution in [1.29, 1.82) is 0 Å². The largest absolute Gasteiger partial charge is 0.461 e. The van der Waals surface area contributed by atoms with Crippen molar-refractivity contribution in [2.75, 3.05) is 5.32 Å². The summed E-state index contributed by atoms with van der Waals surface area (Å²) in [7, 11) is 0. The maximum atomic E-state index is 12.0. The predicted octanol–water partition coefficient (Wildman–Crippen LogP) is 2.37. The van der Waals surface area contributed by atoms with Gasteiger partial charge < -0.3 is 10.1 Å². The Labute approximate surface area is 139 Å². The molecule has 1 aromatic carbocycles. The second-order valence-corrected chi connectivity index (χ2v) is 5.65. The molecule has 0 spiro atoms. The number of nitrogens with one attached hydrogen (secondary N) is 1. The van der Waals surface area contributed by atoms with Gasteiger partial charge in [0.2, 0.25) is 0 Å². The fraction of sp³-hybridized carbons (Fsp3) is 0.294. The Kier molecular flexibility index (Phi) is 4.69. The van der Waals surface area contributed by atoms with Gasteiger partial charge in [0.05, 0.1) is 6.42 Å². The number of fused-ring (bicyclic) bond motifs is 1. The van der Waals surface area contributed by atoms with Crippen molar-refractivity contribution in [1.82, 2.24) is 19.6 Å². The summed E-state index contributed by atoms with van der Waals surface area (Å²) in [5.41, 5.74) is 1.80. The van der Waals surface area contributed by atoms with Crippen LogP contribution in [-0.4, -0.2) is 31.6 Å². The van der Waals surface area contributed by atoms with E-state index < -0.39 is 0 Å². The van der Waals surface area contributed by atoms with Gasteiger partial charge in [0, 0.05) is 17.8 Å². The first-order valence-electron chi connectivity index (χ1n) is 7.75. The minimum atomic E-state index is -0.250. The highest BCUT2D eigenvalue weighted by Crippen LogP contribution is 2.13. The average Bonchev–Trinajstić information content (AvgIpc) is 3.02. The van der Waals surface area contributed by atoms with Crippen LogP contribution in [0.25, 0.3) is 5.78 Å². The highest BCUT2D eigenvalue weighted by atomic mass is 16.5. The molecule has 1 atom stereocenters. The number of esters is 1. The summed E-state index contributed by atoms with van der Waals surface area (Å²) in [6, 6.07) is 11.4. The van der Waals surface area contributed by atoms with E-state index in [0.29, 0.717) is 5.78 Å². The molecule has 3 aromatic rings. The SMILES string of the molecule is Cc1cc(NC(C)CC(=O)OCc2ccccc2)n2ncnc2n1. The van der Waals surface area contributed by atoms with Crippen LogP contribution in [0, 0.1) is 6.92 Å². The third-order valence-electron chi connectivity index (χ3n) is 3.49. The maximum Gasteiger partial charge on any atom is 0.308 e. The average molecular weight is 325 g/mol. The Morgan fingerprint density at radius 1 is 1.33 bits per heavy atom. The number of carbonyl (C=O) groups is 1. The summed E-state index contributed by atoms with van der Waals surface area (Å²) in [6.45, 7) is 4.09. The van der Waals surface area contributed by atoms with Gasteiger partial charge in [-0.25, -0.2) is 4.98 Å². The van der Waals surface area contributed by atoms with E-state index in [-0.39, 0.29) is 25.0 Å². The zero-order chi connectivity index (χ0) is 16.9. The Hall–Kier alpha value is -2.96. The highest BCUT2D eigenvalue weighted by molar-refractivity contribution is 5.70. The lowest BCUT2D eigenvalue weighted by atomic mass is 10.2. The first-order chi connectivity index (χ1) is 11.6. The molecule has 2 aromatic heterocycles. The minimum Gasteiger partial charge on any atom is -0.461 e. The van der Waals surface area contributed by atoms with Crippen molar-refractivity contribution in [3.05, 3.63) is 54.0 Å². The van der Waals surface area contributed by atoms with Crippen LogP contribution < -0.4 is 5.32 Å². The van der Waals surface area contributed by atoms with Gasteiger partial charge in [0.25, 0.3) is 5.78 Å². The van der Waals surface area contributed by atoms with E-state index in [2.05, 4.69) is 20.4 Å². The van der Waals surface area contributed by atoms with Crippen molar-refractivity contribution in [2.45, 2.75) is 32.9 Å². The first-order valence-corrected chi connectivity index (χ1v) is 7.75. The fourth-order valence-corrected chi connectivity index (χ4v) is 2.38. The molecule has 0 aliphatic carbocycles. The minimum absolute atomic E-state index is 0.109. The van der Waals surface area contributed by atoms with Crippen LogP contribution in [0.3, 0.4) is 0 Å². The van der Waals surface area contributed by atoms with E-state index in [9.17, 15) is 4.79 Å². The molecule has 24 heavy (non-hydrogen) atoms. The summed E-state index contributed by atoms with van der Waals surface area (Å²) in [6.07, 6.45) is 1.70. The van der Waals surface area contributed by atoms with Crippen LogP contribution >= 0.6 is 0 Å².